The van der Waals surface area contributed by atoms with Crippen LogP contribution in [0.3, 0.4) is 0 Å². The second-order valence-corrected chi connectivity index (χ2v) is 5.35. The SMILES string of the molecule is OC(c1ccc(Cl)cc1Cl)c1cccc(F)c1Br. The minimum atomic E-state index is -1.01. The van der Waals surface area contributed by atoms with E-state index in [-0.39, 0.29) is 4.47 Å². The van der Waals surface area contributed by atoms with E-state index in [2.05, 4.69) is 15.9 Å². The lowest BCUT2D eigenvalue weighted by molar-refractivity contribution is 0.219. The molecule has 0 spiro atoms. The lowest BCUT2D eigenvalue weighted by atomic mass is 10.0. The molecule has 18 heavy (non-hydrogen) atoms. The summed E-state index contributed by atoms with van der Waals surface area (Å²) >= 11 is 14.9. The summed E-state index contributed by atoms with van der Waals surface area (Å²) in [6.07, 6.45) is -1.01. The first-order valence-electron chi connectivity index (χ1n) is 5.07. The van der Waals surface area contributed by atoms with Crippen LogP contribution in [0.25, 0.3) is 0 Å². The van der Waals surface area contributed by atoms with E-state index in [0.717, 1.165) is 0 Å². The Hall–Kier alpha value is -0.610. The van der Waals surface area contributed by atoms with Gasteiger partial charge >= 0.3 is 0 Å². The van der Waals surface area contributed by atoms with E-state index >= 15 is 0 Å². The van der Waals surface area contributed by atoms with E-state index in [9.17, 15) is 9.50 Å². The third kappa shape index (κ3) is 2.69. The molecule has 1 unspecified atom stereocenters. The van der Waals surface area contributed by atoms with Crippen molar-refractivity contribution in [3.05, 3.63) is 67.9 Å². The molecule has 0 aliphatic rings. The van der Waals surface area contributed by atoms with E-state index < -0.39 is 11.9 Å². The molecule has 2 rings (SSSR count). The van der Waals surface area contributed by atoms with Crippen LogP contribution in [0.15, 0.2) is 40.9 Å². The molecule has 0 amide bonds. The number of hydrogen-bond donors (Lipinski definition) is 1. The molecule has 1 N–H and O–H groups in total. The monoisotopic (exact) mass is 348 g/mol. The second kappa shape index (κ2) is 5.57. The van der Waals surface area contributed by atoms with E-state index in [1.807, 2.05) is 0 Å². The van der Waals surface area contributed by atoms with Crippen LogP contribution in [-0.4, -0.2) is 5.11 Å². The van der Waals surface area contributed by atoms with Crippen molar-refractivity contribution in [3.63, 3.8) is 0 Å². The molecule has 0 bridgehead atoms. The lowest BCUT2D eigenvalue weighted by Gasteiger charge is -2.15. The Bertz CT molecular complexity index is 589. The summed E-state index contributed by atoms with van der Waals surface area (Å²) in [4.78, 5) is 0. The summed E-state index contributed by atoms with van der Waals surface area (Å²) in [6.45, 7) is 0. The van der Waals surface area contributed by atoms with Crippen LogP contribution in [0, 0.1) is 5.82 Å². The van der Waals surface area contributed by atoms with Gasteiger partial charge in [-0.25, -0.2) is 4.39 Å². The predicted octanol–water partition coefficient (Wildman–Crippen LogP) is 4.98. The smallest absolute Gasteiger partial charge is 0.137 e. The molecular formula is C13H8BrCl2FO. The third-order valence-corrected chi connectivity index (χ3v) is 3.93. The van der Waals surface area contributed by atoms with E-state index in [0.29, 0.717) is 21.2 Å². The molecule has 0 aliphatic carbocycles. The summed E-state index contributed by atoms with van der Waals surface area (Å²) in [7, 11) is 0. The fourth-order valence-electron chi connectivity index (χ4n) is 1.62. The first-order valence-corrected chi connectivity index (χ1v) is 6.62. The van der Waals surface area contributed by atoms with Crippen LogP contribution < -0.4 is 0 Å². The fourth-order valence-corrected chi connectivity index (χ4v) is 2.62. The van der Waals surface area contributed by atoms with Crippen molar-refractivity contribution in [2.24, 2.45) is 0 Å². The molecule has 2 aromatic rings. The zero-order valence-corrected chi connectivity index (χ0v) is 12.1. The van der Waals surface area contributed by atoms with Gasteiger partial charge in [0, 0.05) is 21.2 Å². The Morgan fingerprint density at radius 3 is 2.50 bits per heavy atom. The van der Waals surface area contributed by atoms with Gasteiger partial charge in [-0.1, -0.05) is 41.4 Å². The Labute approximate surface area is 122 Å². The summed E-state index contributed by atoms with van der Waals surface area (Å²) in [6, 6.07) is 9.25. The quantitative estimate of drug-likeness (QED) is 0.810. The highest BCUT2D eigenvalue weighted by molar-refractivity contribution is 9.10. The molecule has 1 nitrogen and oxygen atoms in total. The maximum absolute atomic E-state index is 13.4. The number of benzene rings is 2. The van der Waals surface area contributed by atoms with Crippen LogP contribution in [0.5, 0.6) is 0 Å². The number of aliphatic hydroxyl groups excluding tert-OH is 1. The maximum atomic E-state index is 13.4. The topological polar surface area (TPSA) is 20.2 Å². The first-order chi connectivity index (χ1) is 8.50. The molecule has 1 atom stereocenters. The second-order valence-electron chi connectivity index (χ2n) is 3.71. The summed E-state index contributed by atoms with van der Waals surface area (Å²) in [5, 5.41) is 11.1. The van der Waals surface area contributed by atoms with Gasteiger partial charge in [-0.15, -0.1) is 0 Å². The number of aliphatic hydroxyl groups is 1. The highest BCUT2D eigenvalue weighted by Crippen LogP contribution is 2.34. The highest BCUT2D eigenvalue weighted by atomic mass is 79.9. The van der Waals surface area contributed by atoms with Gasteiger partial charge < -0.3 is 5.11 Å². The van der Waals surface area contributed by atoms with E-state index in [1.165, 1.54) is 18.2 Å². The minimum absolute atomic E-state index is 0.225. The Morgan fingerprint density at radius 1 is 1.11 bits per heavy atom. The molecule has 0 saturated carbocycles. The van der Waals surface area contributed by atoms with Crippen molar-refractivity contribution >= 4 is 39.1 Å². The highest BCUT2D eigenvalue weighted by Gasteiger charge is 2.18. The molecule has 0 aliphatic heterocycles. The van der Waals surface area contributed by atoms with Crippen LogP contribution in [0.4, 0.5) is 4.39 Å². The van der Waals surface area contributed by atoms with Crippen LogP contribution >= 0.6 is 39.1 Å². The van der Waals surface area contributed by atoms with Gasteiger partial charge in [0.2, 0.25) is 0 Å². The van der Waals surface area contributed by atoms with Crippen molar-refractivity contribution in [1.82, 2.24) is 0 Å². The van der Waals surface area contributed by atoms with Gasteiger partial charge in [0.05, 0.1) is 4.47 Å². The molecule has 5 heteroatoms. The number of rotatable bonds is 2. The summed E-state index contributed by atoms with van der Waals surface area (Å²) < 4.78 is 13.6. The molecule has 0 saturated heterocycles. The normalized spacial score (nSPS) is 12.5. The molecule has 94 valence electrons. The van der Waals surface area contributed by atoms with Crippen LogP contribution in [-0.2, 0) is 0 Å². The van der Waals surface area contributed by atoms with Crippen LogP contribution in [0.2, 0.25) is 10.0 Å². The predicted molar refractivity (Wildman–Crippen MR) is 74.6 cm³/mol. The van der Waals surface area contributed by atoms with E-state index in [4.69, 9.17) is 23.2 Å². The lowest BCUT2D eigenvalue weighted by Crippen LogP contribution is -2.02. The van der Waals surface area contributed by atoms with Crippen molar-refractivity contribution < 1.29 is 9.50 Å². The molecular weight excluding hydrogens is 342 g/mol. The average molecular weight is 350 g/mol. The first kappa shape index (κ1) is 13.8. The average Bonchev–Trinajstić information content (AvgIpc) is 2.32. The molecule has 0 radical (unpaired) electrons. The Morgan fingerprint density at radius 2 is 1.83 bits per heavy atom. The van der Waals surface area contributed by atoms with Gasteiger partial charge in [0.25, 0.3) is 0 Å². The standard InChI is InChI=1S/C13H8BrCl2FO/c14-12-9(2-1-3-11(12)17)13(18)8-5-4-7(15)6-10(8)16/h1-6,13,18H. The minimum Gasteiger partial charge on any atom is -0.384 e. The van der Waals surface area contributed by atoms with Crippen molar-refractivity contribution in [2.45, 2.75) is 6.10 Å². The zero-order chi connectivity index (χ0) is 13.3. The van der Waals surface area contributed by atoms with Gasteiger partial charge in [-0.2, -0.15) is 0 Å². The Kier molecular flexibility index (Phi) is 4.28. The Balaban J connectivity index is 2.48. The number of hydrogen-bond acceptors (Lipinski definition) is 1. The van der Waals surface area contributed by atoms with Crippen molar-refractivity contribution in [1.29, 1.82) is 0 Å². The number of halogens is 4. The molecule has 0 aromatic heterocycles. The zero-order valence-electron chi connectivity index (χ0n) is 9.00. The summed E-state index contributed by atoms with van der Waals surface area (Å²) in [5.74, 6) is -0.434. The summed E-state index contributed by atoms with van der Waals surface area (Å²) in [5.41, 5.74) is 0.895. The molecule has 0 fully saturated rings. The van der Waals surface area contributed by atoms with Crippen LogP contribution in [0.1, 0.15) is 17.2 Å². The van der Waals surface area contributed by atoms with Gasteiger partial charge in [0.1, 0.15) is 11.9 Å². The van der Waals surface area contributed by atoms with Gasteiger partial charge in [-0.3, -0.25) is 0 Å². The van der Waals surface area contributed by atoms with E-state index in [1.54, 1.807) is 18.2 Å². The van der Waals surface area contributed by atoms with Crippen molar-refractivity contribution in [3.8, 4) is 0 Å². The molecule has 2 aromatic carbocycles. The molecule has 0 heterocycles. The van der Waals surface area contributed by atoms with Crippen molar-refractivity contribution in [2.75, 3.05) is 0 Å². The van der Waals surface area contributed by atoms with Gasteiger partial charge in [-0.05, 0) is 34.1 Å². The maximum Gasteiger partial charge on any atom is 0.137 e. The fraction of sp³-hybridized carbons (Fsp3) is 0.0769. The van der Waals surface area contributed by atoms with Gasteiger partial charge in [0.15, 0.2) is 0 Å². The third-order valence-electron chi connectivity index (χ3n) is 2.53. The largest absolute Gasteiger partial charge is 0.384 e.